The number of anilines is 1. The maximum atomic E-state index is 13.4. The van der Waals surface area contributed by atoms with Gasteiger partial charge in [-0.3, -0.25) is 4.90 Å². The molecule has 0 saturated carbocycles. The molecule has 0 unspecified atom stereocenters. The Bertz CT molecular complexity index is 1110. The highest BCUT2D eigenvalue weighted by atomic mass is 32.2. The van der Waals surface area contributed by atoms with Crippen LogP contribution in [-0.4, -0.2) is 78.7 Å². The summed E-state index contributed by atoms with van der Waals surface area (Å²) in [6.45, 7) is 8.98. The molecule has 1 fully saturated rings. The Balaban J connectivity index is 1.62. The first-order valence-electron chi connectivity index (χ1n) is 11.6. The first-order chi connectivity index (χ1) is 15.7. The van der Waals surface area contributed by atoms with E-state index >= 15 is 0 Å². The van der Waals surface area contributed by atoms with E-state index in [-0.39, 0.29) is 10.9 Å². The highest BCUT2D eigenvalue weighted by Gasteiger charge is 2.28. The minimum Gasteiger partial charge on any atom is -0.495 e. The molecule has 0 amide bonds. The van der Waals surface area contributed by atoms with Crippen molar-refractivity contribution in [2.24, 2.45) is 0 Å². The van der Waals surface area contributed by atoms with Crippen molar-refractivity contribution in [3.05, 3.63) is 52.6 Å². The molecule has 1 saturated heterocycles. The Morgan fingerprint density at radius 1 is 1.00 bits per heavy atom. The molecule has 8 heteroatoms. The molecule has 4 rings (SSSR count). The van der Waals surface area contributed by atoms with Gasteiger partial charge in [-0.1, -0.05) is 12.1 Å². The van der Waals surface area contributed by atoms with E-state index in [2.05, 4.69) is 51.7 Å². The predicted octanol–water partition coefficient (Wildman–Crippen LogP) is 2.57. The maximum Gasteiger partial charge on any atom is 0.244 e. The number of hydrogen-bond donors (Lipinski definition) is 1. The monoisotopic (exact) mass is 472 g/mol. The lowest BCUT2D eigenvalue weighted by Crippen LogP contribution is -2.48. The number of nitrogens with one attached hydrogen (secondary N) is 1. The normalized spacial score (nSPS) is 18.4. The summed E-state index contributed by atoms with van der Waals surface area (Å²) in [6.07, 6.45) is 1.03. The van der Waals surface area contributed by atoms with Crippen LogP contribution in [0.5, 0.6) is 5.75 Å². The van der Waals surface area contributed by atoms with Crippen LogP contribution >= 0.6 is 0 Å². The zero-order chi connectivity index (χ0) is 23.8. The second-order valence-corrected chi connectivity index (χ2v) is 11.1. The van der Waals surface area contributed by atoms with Crippen molar-refractivity contribution in [1.29, 1.82) is 0 Å². The summed E-state index contributed by atoms with van der Waals surface area (Å²) < 4.78 is 35.0. The fourth-order valence-corrected chi connectivity index (χ4v) is 6.06. The van der Waals surface area contributed by atoms with Crippen LogP contribution < -0.4 is 14.4 Å². The largest absolute Gasteiger partial charge is 0.495 e. The highest BCUT2D eigenvalue weighted by molar-refractivity contribution is 7.89. The molecule has 2 aromatic rings. The second-order valence-electron chi connectivity index (χ2n) is 9.35. The van der Waals surface area contributed by atoms with E-state index in [1.54, 1.807) is 12.1 Å². The van der Waals surface area contributed by atoms with Crippen molar-refractivity contribution in [3.8, 4) is 5.75 Å². The number of piperazine rings is 1. The smallest absolute Gasteiger partial charge is 0.244 e. The number of hydrogen-bond acceptors (Lipinski definition) is 6. The molecule has 2 heterocycles. The molecule has 2 aromatic carbocycles. The van der Waals surface area contributed by atoms with E-state index in [4.69, 9.17) is 4.74 Å². The number of sulfonamides is 1. The number of rotatable bonds is 7. The Kier molecular flexibility index (Phi) is 7.00. The van der Waals surface area contributed by atoms with Crippen LogP contribution in [0.1, 0.15) is 28.3 Å². The molecule has 180 valence electrons. The first kappa shape index (κ1) is 24.0. The molecule has 7 nitrogen and oxygen atoms in total. The van der Waals surface area contributed by atoms with Crippen LogP contribution in [0.25, 0.3) is 0 Å². The number of aryl methyl sites for hydroxylation is 2. The number of likely N-dealkylation sites (N-methyl/N-ethyl adjacent to an activating group) is 2. The molecule has 1 atom stereocenters. The molecule has 0 bridgehead atoms. The average molecular weight is 473 g/mol. The molecule has 0 aliphatic carbocycles. The topological polar surface area (TPSA) is 65.1 Å². The van der Waals surface area contributed by atoms with Crippen LogP contribution in [-0.2, 0) is 16.4 Å². The number of benzene rings is 2. The van der Waals surface area contributed by atoms with Crippen molar-refractivity contribution in [1.82, 2.24) is 14.5 Å². The van der Waals surface area contributed by atoms with Gasteiger partial charge in [0.05, 0.1) is 7.11 Å². The van der Waals surface area contributed by atoms with Crippen LogP contribution in [0.15, 0.2) is 35.2 Å². The number of ether oxygens (including phenoxy) is 1. The molecule has 2 aliphatic heterocycles. The fourth-order valence-electron chi connectivity index (χ4n) is 4.78. The van der Waals surface area contributed by atoms with Crippen molar-refractivity contribution in [3.63, 3.8) is 0 Å². The third-order valence-corrected chi connectivity index (χ3v) is 8.58. The molecular formula is C25H36N4O3S. The lowest BCUT2D eigenvalue weighted by atomic mass is 10.0. The van der Waals surface area contributed by atoms with Gasteiger partial charge in [0.15, 0.2) is 0 Å². The van der Waals surface area contributed by atoms with Crippen LogP contribution in [0, 0.1) is 13.8 Å². The van der Waals surface area contributed by atoms with Gasteiger partial charge in [0, 0.05) is 58.0 Å². The number of methoxy groups -OCH3 is 1. The minimum atomic E-state index is -3.74. The molecule has 0 spiro atoms. The van der Waals surface area contributed by atoms with E-state index in [0.29, 0.717) is 12.3 Å². The summed E-state index contributed by atoms with van der Waals surface area (Å²) >= 11 is 0. The van der Waals surface area contributed by atoms with Crippen molar-refractivity contribution in [2.45, 2.75) is 31.2 Å². The van der Waals surface area contributed by atoms with E-state index in [1.807, 2.05) is 13.8 Å². The summed E-state index contributed by atoms with van der Waals surface area (Å²) in [4.78, 5) is 7.19. The van der Waals surface area contributed by atoms with Crippen LogP contribution in [0.3, 0.4) is 0 Å². The summed E-state index contributed by atoms with van der Waals surface area (Å²) in [5, 5.41) is 0. The van der Waals surface area contributed by atoms with Crippen molar-refractivity contribution in [2.75, 3.05) is 65.4 Å². The van der Waals surface area contributed by atoms with E-state index in [0.717, 1.165) is 50.3 Å². The average Bonchev–Trinajstić information content (AvgIpc) is 3.16. The quantitative estimate of drug-likeness (QED) is 0.668. The van der Waals surface area contributed by atoms with Crippen LogP contribution in [0.4, 0.5) is 5.69 Å². The Morgan fingerprint density at radius 2 is 1.70 bits per heavy atom. The minimum absolute atomic E-state index is 0.0257. The Labute approximate surface area is 198 Å². The summed E-state index contributed by atoms with van der Waals surface area (Å²) in [6, 6.07) is 10.1. The molecular weight excluding hydrogens is 436 g/mol. The summed E-state index contributed by atoms with van der Waals surface area (Å²) in [7, 11) is 2.03. The lowest BCUT2D eigenvalue weighted by Gasteiger charge is -2.38. The maximum absolute atomic E-state index is 13.4. The highest BCUT2D eigenvalue weighted by Crippen LogP contribution is 2.32. The van der Waals surface area contributed by atoms with Gasteiger partial charge in [-0.2, -0.15) is 0 Å². The van der Waals surface area contributed by atoms with Gasteiger partial charge in [-0.05, 0) is 67.8 Å². The van der Waals surface area contributed by atoms with E-state index in [9.17, 15) is 8.42 Å². The predicted molar refractivity (Wildman–Crippen MR) is 133 cm³/mol. The van der Waals surface area contributed by atoms with E-state index < -0.39 is 10.0 Å². The first-order valence-corrected chi connectivity index (χ1v) is 13.1. The molecule has 0 radical (unpaired) electrons. The van der Waals surface area contributed by atoms with Crippen molar-refractivity contribution < 1.29 is 13.2 Å². The molecule has 1 N–H and O–H groups in total. The standard InChI is InChI=1S/C25H36N4O3S/c1-18-14-24(32-5)25(15-19(18)2)33(30,31)26-17-23(29-12-10-27(3)11-13-29)20-6-7-22-21(16-20)8-9-28(22)4/h6-7,14-16,23,26H,8-13,17H2,1-5H3/t23-/m1/s1. The number of fused-ring (bicyclic) bond motifs is 1. The Hall–Kier alpha value is -2.13. The third-order valence-electron chi connectivity index (χ3n) is 7.13. The van der Waals surface area contributed by atoms with Gasteiger partial charge in [0.25, 0.3) is 0 Å². The van der Waals surface area contributed by atoms with Crippen molar-refractivity contribution >= 4 is 15.7 Å². The van der Waals surface area contributed by atoms with Gasteiger partial charge in [0.1, 0.15) is 10.6 Å². The zero-order valence-electron chi connectivity index (χ0n) is 20.4. The Morgan fingerprint density at radius 3 is 2.39 bits per heavy atom. The van der Waals surface area contributed by atoms with Crippen LogP contribution in [0.2, 0.25) is 0 Å². The second kappa shape index (κ2) is 9.62. The summed E-state index contributed by atoms with van der Waals surface area (Å²) in [5.41, 5.74) is 5.71. The number of nitrogens with zero attached hydrogens (tertiary/aromatic N) is 3. The molecule has 33 heavy (non-hydrogen) atoms. The SMILES string of the molecule is COc1cc(C)c(C)cc1S(=O)(=O)NC[C@H](c1ccc2c(c1)CCN2C)N1CCN(C)CC1. The van der Waals surface area contributed by atoms with Gasteiger partial charge in [-0.25, -0.2) is 13.1 Å². The lowest BCUT2D eigenvalue weighted by molar-refractivity contribution is 0.113. The van der Waals surface area contributed by atoms with Gasteiger partial charge >= 0.3 is 0 Å². The van der Waals surface area contributed by atoms with Gasteiger partial charge in [0.2, 0.25) is 10.0 Å². The zero-order valence-corrected chi connectivity index (χ0v) is 21.2. The third kappa shape index (κ3) is 5.04. The summed E-state index contributed by atoms with van der Waals surface area (Å²) in [5.74, 6) is 0.377. The van der Waals surface area contributed by atoms with E-state index in [1.165, 1.54) is 23.9 Å². The fraction of sp³-hybridized carbons (Fsp3) is 0.520. The molecule has 2 aliphatic rings. The van der Waals surface area contributed by atoms with Gasteiger partial charge in [-0.15, -0.1) is 0 Å². The molecule has 0 aromatic heterocycles. The van der Waals surface area contributed by atoms with Gasteiger partial charge < -0.3 is 14.5 Å².